The zero-order valence-electron chi connectivity index (χ0n) is 16.3. The smallest absolute Gasteiger partial charge is 0.191 e. The third kappa shape index (κ3) is 6.37. The van der Waals surface area contributed by atoms with Crippen LogP contribution in [0.5, 0.6) is 0 Å². The number of hydrogen-bond acceptors (Lipinski definition) is 5. The number of guanidine groups is 1. The largest absolute Gasteiger partial charge is 0.357 e. The molecule has 0 aliphatic heterocycles. The van der Waals surface area contributed by atoms with Crippen LogP contribution >= 0.6 is 22.7 Å². The van der Waals surface area contributed by atoms with E-state index in [0.29, 0.717) is 6.04 Å². The molecule has 2 heterocycles. The topological polar surface area (TPSA) is 52.6 Å². The van der Waals surface area contributed by atoms with Crippen molar-refractivity contribution >= 4 is 28.6 Å². The minimum atomic E-state index is 0.327. The molecule has 1 atom stereocenters. The van der Waals surface area contributed by atoms with Gasteiger partial charge in [0, 0.05) is 24.9 Å². The molecule has 0 bridgehead atoms. The van der Waals surface area contributed by atoms with Crippen molar-refractivity contribution < 1.29 is 0 Å². The van der Waals surface area contributed by atoms with Gasteiger partial charge >= 0.3 is 0 Å². The maximum atomic E-state index is 4.86. The van der Waals surface area contributed by atoms with Crippen molar-refractivity contribution in [2.45, 2.75) is 40.2 Å². The van der Waals surface area contributed by atoms with E-state index in [-0.39, 0.29) is 0 Å². The average Bonchev–Trinajstić information content (AvgIpc) is 3.30. The molecule has 1 unspecified atom stereocenters. The van der Waals surface area contributed by atoms with Crippen LogP contribution in [0.25, 0.3) is 0 Å². The summed E-state index contributed by atoms with van der Waals surface area (Å²) in [6, 6.07) is 2.54. The van der Waals surface area contributed by atoms with Gasteiger partial charge in [-0.2, -0.15) is 11.3 Å². The lowest BCUT2D eigenvalue weighted by molar-refractivity contribution is 0.224. The van der Waals surface area contributed by atoms with E-state index in [1.807, 2.05) is 6.92 Å². The van der Waals surface area contributed by atoms with E-state index in [1.54, 1.807) is 22.7 Å². The van der Waals surface area contributed by atoms with Crippen molar-refractivity contribution in [2.24, 2.45) is 4.99 Å². The molecule has 0 radical (unpaired) electrons. The zero-order chi connectivity index (χ0) is 18.8. The van der Waals surface area contributed by atoms with Gasteiger partial charge in [0.1, 0.15) is 0 Å². The highest BCUT2D eigenvalue weighted by Crippen LogP contribution is 2.23. The van der Waals surface area contributed by atoms with Gasteiger partial charge in [-0.15, -0.1) is 11.3 Å². The molecule has 2 aromatic rings. The zero-order valence-corrected chi connectivity index (χ0v) is 17.9. The Bertz CT molecular complexity index is 647. The van der Waals surface area contributed by atoms with E-state index < -0.39 is 0 Å². The first kappa shape index (κ1) is 20.9. The summed E-state index contributed by atoms with van der Waals surface area (Å²) >= 11 is 3.46. The van der Waals surface area contributed by atoms with Crippen LogP contribution < -0.4 is 10.6 Å². The summed E-state index contributed by atoms with van der Waals surface area (Å²) in [5, 5.41) is 14.4. The van der Waals surface area contributed by atoms with Crippen LogP contribution in [0.15, 0.2) is 27.2 Å². The average molecular weight is 394 g/mol. The molecule has 0 aromatic carbocycles. The minimum Gasteiger partial charge on any atom is -0.357 e. The second-order valence-corrected chi connectivity index (χ2v) is 7.89. The van der Waals surface area contributed by atoms with E-state index >= 15 is 0 Å². The number of rotatable bonds is 10. The molecule has 0 fully saturated rings. The Balaban J connectivity index is 1.98. The number of aliphatic imine (C=N–C) groups is 1. The minimum absolute atomic E-state index is 0.327. The Hall–Kier alpha value is -1.44. The third-order valence-electron chi connectivity index (χ3n) is 4.29. The lowest BCUT2D eigenvalue weighted by Crippen LogP contribution is -2.39. The van der Waals surface area contributed by atoms with Gasteiger partial charge in [0.05, 0.1) is 23.3 Å². The van der Waals surface area contributed by atoms with Gasteiger partial charge in [0.25, 0.3) is 0 Å². The van der Waals surface area contributed by atoms with E-state index in [0.717, 1.165) is 55.8 Å². The Morgan fingerprint density at radius 3 is 2.62 bits per heavy atom. The van der Waals surface area contributed by atoms with Gasteiger partial charge < -0.3 is 10.6 Å². The van der Waals surface area contributed by atoms with Gasteiger partial charge in [-0.1, -0.05) is 13.8 Å². The van der Waals surface area contributed by atoms with Crippen LogP contribution in [0.4, 0.5) is 0 Å². The maximum Gasteiger partial charge on any atom is 0.191 e. The number of hydrogen-bond donors (Lipinski definition) is 2. The lowest BCUT2D eigenvalue weighted by atomic mass is 10.1. The van der Waals surface area contributed by atoms with Crippen LogP contribution in [-0.2, 0) is 6.42 Å². The van der Waals surface area contributed by atoms with Crippen LogP contribution in [-0.4, -0.2) is 48.6 Å². The monoisotopic (exact) mass is 393 g/mol. The quantitative estimate of drug-likeness (QED) is 0.477. The summed E-state index contributed by atoms with van der Waals surface area (Å²) in [6.07, 6.45) is 0.915. The first-order valence-electron chi connectivity index (χ1n) is 9.37. The molecule has 0 amide bonds. The van der Waals surface area contributed by atoms with E-state index in [4.69, 9.17) is 4.99 Å². The van der Waals surface area contributed by atoms with Gasteiger partial charge in [0.2, 0.25) is 0 Å². The summed E-state index contributed by atoms with van der Waals surface area (Å²) in [7, 11) is 0. The first-order chi connectivity index (χ1) is 12.7. The maximum absolute atomic E-state index is 4.86. The summed E-state index contributed by atoms with van der Waals surface area (Å²) in [4.78, 5) is 11.8. The molecule has 2 N–H and O–H groups in total. The molecule has 0 saturated carbocycles. The summed E-state index contributed by atoms with van der Waals surface area (Å²) in [5.41, 5.74) is 2.51. The van der Waals surface area contributed by atoms with E-state index in [2.05, 4.69) is 63.5 Å². The summed E-state index contributed by atoms with van der Waals surface area (Å²) in [6.45, 7) is 13.1. The van der Waals surface area contributed by atoms with Crippen molar-refractivity contribution in [1.29, 1.82) is 0 Å². The molecular weight excluding hydrogens is 362 g/mol. The normalized spacial score (nSPS) is 13.2. The molecule has 2 rings (SSSR count). The highest BCUT2D eigenvalue weighted by atomic mass is 32.1. The Kier molecular flexibility index (Phi) is 9.08. The van der Waals surface area contributed by atoms with Crippen molar-refractivity contribution in [3.63, 3.8) is 0 Å². The van der Waals surface area contributed by atoms with E-state index in [9.17, 15) is 0 Å². The molecule has 5 nitrogen and oxygen atoms in total. The molecule has 7 heteroatoms. The molecule has 0 saturated heterocycles. The first-order valence-corrected chi connectivity index (χ1v) is 11.2. The standard InChI is InChI=1S/C19H31N5S2/c1-5-20-19(21-10-8-17-14-26-15(4)23-17)22-12-18(24(6-2)7-3)16-9-11-25-13-16/h9,11,13-14,18H,5-8,10,12H2,1-4H3,(H2,20,21,22). The van der Waals surface area contributed by atoms with Crippen LogP contribution in [0.3, 0.4) is 0 Å². The van der Waals surface area contributed by atoms with Gasteiger partial charge in [-0.25, -0.2) is 4.98 Å². The van der Waals surface area contributed by atoms with Crippen molar-refractivity contribution in [1.82, 2.24) is 20.5 Å². The summed E-state index contributed by atoms with van der Waals surface area (Å²) in [5.74, 6) is 0.881. The number of nitrogens with zero attached hydrogens (tertiary/aromatic N) is 3. The van der Waals surface area contributed by atoms with Gasteiger partial charge in [-0.05, 0) is 49.3 Å². The Labute approximate surface area is 165 Å². The van der Waals surface area contributed by atoms with Gasteiger partial charge in [-0.3, -0.25) is 9.89 Å². The molecule has 144 valence electrons. The fourth-order valence-corrected chi connectivity index (χ4v) is 4.27. The highest BCUT2D eigenvalue weighted by molar-refractivity contribution is 7.09. The molecule has 26 heavy (non-hydrogen) atoms. The Morgan fingerprint density at radius 1 is 1.23 bits per heavy atom. The number of aryl methyl sites for hydroxylation is 1. The van der Waals surface area contributed by atoms with Crippen LogP contribution in [0, 0.1) is 6.92 Å². The SMILES string of the molecule is CCNC(=NCC(c1ccsc1)N(CC)CC)NCCc1csc(C)n1. The second-order valence-electron chi connectivity index (χ2n) is 6.05. The molecule has 0 spiro atoms. The van der Waals surface area contributed by atoms with Crippen molar-refractivity contribution in [3.8, 4) is 0 Å². The van der Waals surface area contributed by atoms with Crippen molar-refractivity contribution in [3.05, 3.63) is 38.5 Å². The van der Waals surface area contributed by atoms with E-state index in [1.165, 1.54) is 5.56 Å². The lowest BCUT2D eigenvalue weighted by Gasteiger charge is -2.28. The number of aromatic nitrogens is 1. The highest BCUT2D eigenvalue weighted by Gasteiger charge is 2.18. The second kappa shape index (κ2) is 11.3. The number of thiophene rings is 1. The number of likely N-dealkylation sites (N-methyl/N-ethyl adjacent to an activating group) is 1. The van der Waals surface area contributed by atoms with Crippen molar-refractivity contribution in [2.75, 3.05) is 32.7 Å². The number of nitrogens with one attached hydrogen (secondary N) is 2. The van der Waals surface area contributed by atoms with Crippen LogP contribution in [0.1, 0.15) is 43.1 Å². The fourth-order valence-electron chi connectivity index (χ4n) is 2.91. The van der Waals surface area contributed by atoms with Gasteiger partial charge in [0.15, 0.2) is 5.96 Å². The predicted octanol–water partition coefficient (Wildman–Crippen LogP) is 3.69. The molecule has 0 aliphatic carbocycles. The molecular formula is C19H31N5S2. The summed E-state index contributed by atoms with van der Waals surface area (Å²) < 4.78 is 0. The molecule has 2 aromatic heterocycles. The van der Waals surface area contributed by atoms with Crippen LogP contribution in [0.2, 0.25) is 0 Å². The fraction of sp³-hybridized carbons (Fsp3) is 0.579. The molecule has 0 aliphatic rings. The Morgan fingerprint density at radius 2 is 2.04 bits per heavy atom. The predicted molar refractivity (Wildman–Crippen MR) is 115 cm³/mol. The number of thiazole rings is 1. The third-order valence-corrected chi connectivity index (χ3v) is 5.81.